The van der Waals surface area contributed by atoms with Gasteiger partial charge in [-0.25, -0.2) is 0 Å². The minimum Gasteiger partial charge on any atom is -0.461 e. The van der Waals surface area contributed by atoms with Crippen molar-refractivity contribution in [2.45, 2.75) is 13.2 Å². The van der Waals surface area contributed by atoms with E-state index in [4.69, 9.17) is 28.1 Å². The Kier molecular flexibility index (Phi) is 7.66. The summed E-state index contributed by atoms with van der Waals surface area (Å²) in [5.74, 6) is 1.59. The highest BCUT2D eigenvalue weighted by Gasteiger charge is 2.03. The van der Waals surface area contributed by atoms with Crippen LogP contribution in [0.3, 0.4) is 0 Å². The van der Waals surface area contributed by atoms with Crippen LogP contribution in [0.4, 0.5) is 0 Å². The smallest absolute Gasteiger partial charge is 0.129 e. The molecule has 6 heteroatoms. The first-order valence-corrected chi connectivity index (χ1v) is 6.91. The second-order valence-electron chi connectivity index (χ2n) is 4.31. The largest absolute Gasteiger partial charge is 0.461 e. The molecule has 2 bridgehead atoms. The molecule has 1 aromatic heterocycles. The Bertz CT molecular complexity index is 321. The van der Waals surface area contributed by atoms with Crippen molar-refractivity contribution in [3.05, 3.63) is 23.7 Å². The minimum absolute atomic E-state index is 0.447. The third-order valence-electron chi connectivity index (χ3n) is 2.69. The maximum absolute atomic E-state index is 5.58. The van der Waals surface area contributed by atoms with Gasteiger partial charge in [0.1, 0.15) is 24.7 Å². The number of fused-ring (bicyclic) bond motifs is 2. The second-order valence-corrected chi connectivity index (χ2v) is 4.31. The van der Waals surface area contributed by atoms with Crippen molar-refractivity contribution < 1.29 is 28.1 Å². The summed E-state index contributed by atoms with van der Waals surface area (Å²) in [6.45, 7) is 5.35. The van der Waals surface area contributed by atoms with Gasteiger partial charge in [-0.3, -0.25) is 0 Å². The van der Waals surface area contributed by atoms with Gasteiger partial charge in [0.25, 0.3) is 0 Å². The Morgan fingerprint density at radius 3 is 1.25 bits per heavy atom. The normalized spacial score (nSPS) is 21.0. The minimum atomic E-state index is 0.447. The molecule has 2 rings (SSSR count). The summed E-state index contributed by atoms with van der Waals surface area (Å²) in [5.41, 5.74) is 0. The van der Waals surface area contributed by atoms with E-state index in [-0.39, 0.29) is 0 Å². The molecule has 0 spiro atoms. The standard InChI is InChI=1S/C14H22O6/c1-2-14-12-19-10-8-17-6-4-15-3-5-16-7-9-18-11-13(1)20-14/h1-2H,3-12H2. The zero-order chi connectivity index (χ0) is 13.9. The predicted octanol–water partition coefficient (Wildman–Crippen LogP) is 1.38. The van der Waals surface area contributed by atoms with Crippen molar-refractivity contribution in [1.29, 1.82) is 0 Å². The van der Waals surface area contributed by atoms with Crippen LogP contribution < -0.4 is 0 Å². The fourth-order valence-corrected chi connectivity index (χ4v) is 1.70. The molecule has 0 N–H and O–H groups in total. The maximum atomic E-state index is 5.58. The summed E-state index contributed by atoms with van der Waals surface area (Å²) >= 11 is 0. The lowest BCUT2D eigenvalue weighted by Gasteiger charge is -2.08. The Morgan fingerprint density at radius 1 is 0.500 bits per heavy atom. The average molecular weight is 286 g/mol. The van der Waals surface area contributed by atoms with Crippen molar-refractivity contribution >= 4 is 0 Å². The summed E-state index contributed by atoms with van der Waals surface area (Å²) in [7, 11) is 0. The van der Waals surface area contributed by atoms with Crippen molar-refractivity contribution in [2.24, 2.45) is 0 Å². The van der Waals surface area contributed by atoms with Gasteiger partial charge in [-0.1, -0.05) is 0 Å². The Morgan fingerprint density at radius 2 is 0.850 bits per heavy atom. The molecule has 0 saturated carbocycles. The van der Waals surface area contributed by atoms with Crippen molar-refractivity contribution in [3.63, 3.8) is 0 Å². The Labute approximate surface area is 118 Å². The van der Waals surface area contributed by atoms with Crippen LogP contribution in [0.1, 0.15) is 11.5 Å². The molecule has 0 fully saturated rings. The van der Waals surface area contributed by atoms with E-state index in [9.17, 15) is 0 Å². The summed E-state index contributed by atoms with van der Waals surface area (Å²) < 4.78 is 32.6. The summed E-state index contributed by atoms with van der Waals surface area (Å²) in [4.78, 5) is 0. The highest BCUT2D eigenvalue weighted by Crippen LogP contribution is 2.10. The van der Waals surface area contributed by atoms with E-state index in [2.05, 4.69) is 0 Å². The lowest BCUT2D eigenvalue weighted by Crippen LogP contribution is -2.13. The molecule has 0 aliphatic carbocycles. The van der Waals surface area contributed by atoms with Gasteiger partial charge < -0.3 is 28.1 Å². The van der Waals surface area contributed by atoms with Crippen LogP contribution >= 0.6 is 0 Å². The number of rotatable bonds is 0. The number of hydrogen-bond acceptors (Lipinski definition) is 6. The zero-order valence-corrected chi connectivity index (χ0v) is 11.7. The number of furan rings is 1. The highest BCUT2D eigenvalue weighted by atomic mass is 16.6. The second kappa shape index (κ2) is 9.90. The van der Waals surface area contributed by atoms with Crippen LogP contribution in [0, 0.1) is 0 Å². The topological polar surface area (TPSA) is 59.3 Å². The van der Waals surface area contributed by atoms with Crippen LogP contribution in [-0.4, -0.2) is 52.9 Å². The quantitative estimate of drug-likeness (QED) is 0.718. The van der Waals surface area contributed by atoms with Gasteiger partial charge >= 0.3 is 0 Å². The molecule has 2 heterocycles. The fraction of sp³-hybridized carbons (Fsp3) is 0.714. The predicted molar refractivity (Wildman–Crippen MR) is 70.5 cm³/mol. The molecule has 1 aliphatic heterocycles. The maximum Gasteiger partial charge on any atom is 0.129 e. The summed E-state index contributed by atoms with van der Waals surface area (Å²) in [6, 6.07) is 3.80. The van der Waals surface area contributed by atoms with E-state index in [1.54, 1.807) is 0 Å². The monoisotopic (exact) mass is 286 g/mol. The number of ether oxygens (including phenoxy) is 5. The first kappa shape index (κ1) is 15.5. The molecule has 0 saturated heterocycles. The molecule has 114 valence electrons. The molecule has 1 aromatic rings. The van der Waals surface area contributed by atoms with E-state index < -0.39 is 0 Å². The van der Waals surface area contributed by atoms with E-state index in [0.29, 0.717) is 66.1 Å². The van der Waals surface area contributed by atoms with Crippen LogP contribution in [-0.2, 0) is 36.9 Å². The SMILES string of the molecule is c1cc2oc1COCCOCCOCCOCCOC2. The molecule has 20 heavy (non-hydrogen) atoms. The van der Waals surface area contributed by atoms with Crippen LogP contribution in [0.5, 0.6) is 0 Å². The van der Waals surface area contributed by atoms with Gasteiger partial charge in [-0.2, -0.15) is 0 Å². The molecule has 0 unspecified atom stereocenters. The van der Waals surface area contributed by atoms with Gasteiger partial charge in [0, 0.05) is 0 Å². The van der Waals surface area contributed by atoms with Gasteiger partial charge in [0.15, 0.2) is 0 Å². The number of hydrogen-bond donors (Lipinski definition) is 0. The summed E-state index contributed by atoms with van der Waals surface area (Å²) in [5, 5.41) is 0. The molecule has 1 aliphatic rings. The molecule has 0 amide bonds. The van der Waals surface area contributed by atoms with E-state index >= 15 is 0 Å². The van der Waals surface area contributed by atoms with Gasteiger partial charge in [0.05, 0.1) is 52.9 Å². The van der Waals surface area contributed by atoms with Crippen LogP contribution in [0.2, 0.25) is 0 Å². The Balaban J connectivity index is 1.72. The Hall–Kier alpha value is -0.920. The molecular formula is C14H22O6. The van der Waals surface area contributed by atoms with Crippen molar-refractivity contribution in [3.8, 4) is 0 Å². The lowest BCUT2D eigenvalue weighted by atomic mass is 10.4. The average Bonchev–Trinajstić information content (AvgIpc) is 2.90. The molecule has 0 atom stereocenters. The first-order chi connectivity index (χ1) is 9.95. The third kappa shape index (κ3) is 6.49. The summed E-state index contributed by atoms with van der Waals surface area (Å²) in [6.07, 6.45) is 0. The van der Waals surface area contributed by atoms with E-state index in [1.807, 2.05) is 12.1 Å². The molecule has 6 nitrogen and oxygen atoms in total. The lowest BCUT2D eigenvalue weighted by molar-refractivity contribution is -0.0184. The molecular weight excluding hydrogens is 264 g/mol. The van der Waals surface area contributed by atoms with Crippen molar-refractivity contribution in [1.82, 2.24) is 0 Å². The third-order valence-corrected chi connectivity index (χ3v) is 2.69. The van der Waals surface area contributed by atoms with Gasteiger partial charge in [-0.05, 0) is 12.1 Å². The highest BCUT2D eigenvalue weighted by molar-refractivity contribution is 5.05. The van der Waals surface area contributed by atoms with E-state index in [0.717, 1.165) is 11.5 Å². The van der Waals surface area contributed by atoms with Crippen molar-refractivity contribution in [2.75, 3.05) is 52.9 Å². The fourth-order valence-electron chi connectivity index (χ4n) is 1.70. The first-order valence-electron chi connectivity index (χ1n) is 6.91. The van der Waals surface area contributed by atoms with E-state index in [1.165, 1.54) is 0 Å². The zero-order valence-electron chi connectivity index (χ0n) is 11.7. The molecule has 0 radical (unpaired) electrons. The van der Waals surface area contributed by atoms with Crippen LogP contribution in [0.15, 0.2) is 16.5 Å². The molecule has 0 aromatic carbocycles. The van der Waals surface area contributed by atoms with Gasteiger partial charge in [-0.15, -0.1) is 0 Å². The van der Waals surface area contributed by atoms with Gasteiger partial charge in [0.2, 0.25) is 0 Å². The van der Waals surface area contributed by atoms with Crippen LogP contribution in [0.25, 0.3) is 0 Å².